The second-order valence-corrected chi connectivity index (χ2v) is 5.77. The molecule has 0 spiro atoms. The summed E-state index contributed by atoms with van der Waals surface area (Å²) in [6, 6.07) is 11.2. The molecule has 0 saturated carbocycles. The highest BCUT2D eigenvalue weighted by molar-refractivity contribution is 6.08. The van der Waals surface area contributed by atoms with Crippen LogP contribution in [0, 0.1) is 5.82 Å². The van der Waals surface area contributed by atoms with Crippen LogP contribution in [0.25, 0.3) is 22.3 Å². The minimum Gasteiger partial charge on any atom is -0.478 e. The molecule has 128 valence electrons. The van der Waals surface area contributed by atoms with Crippen LogP contribution in [0.1, 0.15) is 28.6 Å². The molecule has 0 radical (unpaired) electrons. The Balaban J connectivity index is 1.81. The molecule has 1 aliphatic rings. The average Bonchev–Trinajstić information content (AvgIpc) is 3.01. The van der Waals surface area contributed by atoms with Gasteiger partial charge in [0.1, 0.15) is 17.0 Å². The normalized spacial score (nSPS) is 15.6. The summed E-state index contributed by atoms with van der Waals surface area (Å²) in [6.07, 6.45) is 0.199. The number of rotatable bonds is 3. The third kappa shape index (κ3) is 2.79. The number of carboxylic acid groups (broad SMARTS) is 1. The standard InChI is InChI=1S/C19H15FO5/c20-14-10-11(19-23-8-3-9-24-19)6-7-12(14)17-16(18(21)22)13-4-1-2-5-15(13)25-17/h1-2,4-7,10,19H,3,8-9H2,(H,21,22). The Labute approximate surface area is 142 Å². The van der Waals surface area contributed by atoms with Crippen molar-refractivity contribution in [3.63, 3.8) is 0 Å². The third-order valence-electron chi connectivity index (χ3n) is 4.15. The zero-order valence-corrected chi connectivity index (χ0v) is 13.2. The third-order valence-corrected chi connectivity index (χ3v) is 4.15. The van der Waals surface area contributed by atoms with E-state index in [4.69, 9.17) is 13.9 Å². The van der Waals surface area contributed by atoms with Crippen molar-refractivity contribution in [3.8, 4) is 11.3 Å². The summed E-state index contributed by atoms with van der Waals surface area (Å²) in [7, 11) is 0. The van der Waals surface area contributed by atoms with Crippen LogP contribution in [-0.4, -0.2) is 24.3 Å². The van der Waals surface area contributed by atoms with E-state index in [-0.39, 0.29) is 16.9 Å². The smallest absolute Gasteiger partial charge is 0.340 e. The molecule has 0 aliphatic carbocycles. The molecule has 25 heavy (non-hydrogen) atoms. The van der Waals surface area contributed by atoms with Gasteiger partial charge in [-0.2, -0.15) is 0 Å². The quantitative estimate of drug-likeness (QED) is 0.765. The van der Waals surface area contributed by atoms with E-state index in [0.717, 1.165) is 6.42 Å². The molecule has 0 unspecified atom stereocenters. The van der Waals surface area contributed by atoms with Crippen LogP contribution in [0.3, 0.4) is 0 Å². The van der Waals surface area contributed by atoms with Crippen molar-refractivity contribution in [1.82, 2.24) is 0 Å². The van der Waals surface area contributed by atoms with Crippen molar-refractivity contribution in [2.45, 2.75) is 12.7 Å². The van der Waals surface area contributed by atoms with Crippen LogP contribution in [0.4, 0.5) is 4.39 Å². The summed E-state index contributed by atoms with van der Waals surface area (Å²) in [4.78, 5) is 11.7. The van der Waals surface area contributed by atoms with Gasteiger partial charge in [0.15, 0.2) is 12.1 Å². The summed E-state index contributed by atoms with van der Waals surface area (Å²) >= 11 is 0. The lowest BCUT2D eigenvalue weighted by Crippen LogP contribution is -2.17. The van der Waals surface area contributed by atoms with Gasteiger partial charge in [0.25, 0.3) is 0 Å². The highest BCUT2D eigenvalue weighted by Gasteiger charge is 2.25. The Morgan fingerprint density at radius 2 is 1.88 bits per heavy atom. The predicted octanol–water partition coefficient (Wildman–Crippen LogP) is 4.37. The Morgan fingerprint density at radius 3 is 2.60 bits per heavy atom. The fourth-order valence-electron chi connectivity index (χ4n) is 2.99. The number of halogens is 1. The zero-order valence-electron chi connectivity index (χ0n) is 13.2. The van der Waals surface area contributed by atoms with Crippen LogP contribution in [-0.2, 0) is 9.47 Å². The molecule has 1 fully saturated rings. The Hall–Kier alpha value is -2.70. The maximum Gasteiger partial charge on any atom is 0.340 e. The van der Waals surface area contributed by atoms with Crippen LogP contribution in [0.5, 0.6) is 0 Å². The molecular formula is C19H15FO5. The van der Waals surface area contributed by atoms with Gasteiger partial charge in [-0.3, -0.25) is 0 Å². The van der Waals surface area contributed by atoms with Gasteiger partial charge >= 0.3 is 5.97 Å². The number of ether oxygens (including phenoxy) is 2. The van der Waals surface area contributed by atoms with Crippen molar-refractivity contribution in [1.29, 1.82) is 0 Å². The number of hydrogen-bond acceptors (Lipinski definition) is 4. The maximum atomic E-state index is 14.7. The van der Waals surface area contributed by atoms with E-state index in [2.05, 4.69) is 0 Å². The van der Waals surface area contributed by atoms with E-state index in [1.54, 1.807) is 30.3 Å². The van der Waals surface area contributed by atoms with Gasteiger partial charge in [0.05, 0.1) is 18.8 Å². The summed E-state index contributed by atoms with van der Waals surface area (Å²) in [6.45, 7) is 1.11. The summed E-state index contributed by atoms with van der Waals surface area (Å²) < 4.78 is 31.3. The van der Waals surface area contributed by atoms with Crippen molar-refractivity contribution in [3.05, 3.63) is 59.4 Å². The number of benzene rings is 2. The number of hydrogen-bond donors (Lipinski definition) is 1. The first-order valence-corrected chi connectivity index (χ1v) is 7.93. The first kappa shape index (κ1) is 15.8. The first-order valence-electron chi connectivity index (χ1n) is 7.93. The Morgan fingerprint density at radius 1 is 1.12 bits per heavy atom. The molecule has 1 aliphatic heterocycles. The zero-order chi connectivity index (χ0) is 17.4. The maximum absolute atomic E-state index is 14.7. The molecule has 2 heterocycles. The minimum atomic E-state index is -1.16. The molecule has 1 aromatic heterocycles. The molecule has 0 bridgehead atoms. The second kappa shape index (κ2) is 6.31. The van der Waals surface area contributed by atoms with E-state index in [1.165, 1.54) is 12.1 Å². The fraction of sp³-hybridized carbons (Fsp3) is 0.211. The lowest BCUT2D eigenvalue weighted by atomic mass is 10.0. The highest BCUT2D eigenvalue weighted by atomic mass is 19.1. The van der Waals surface area contributed by atoms with Crippen molar-refractivity contribution in [2.75, 3.05) is 13.2 Å². The second-order valence-electron chi connectivity index (χ2n) is 5.77. The lowest BCUT2D eigenvalue weighted by Gasteiger charge is -2.23. The van der Waals surface area contributed by atoms with E-state index in [0.29, 0.717) is 29.7 Å². The van der Waals surface area contributed by atoms with E-state index >= 15 is 0 Å². The van der Waals surface area contributed by atoms with Gasteiger partial charge in [0.2, 0.25) is 0 Å². The molecule has 0 amide bonds. The van der Waals surface area contributed by atoms with Gasteiger partial charge in [-0.25, -0.2) is 9.18 Å². The Bertz CT molecular complexity index is 940. The average molecular weight is 342 g/mol. The van der Waals surface area contributed by atoms with Gasteiger partial charge in [0, 0.05) is 10.9 Å². The molecule has 5 nitrogen and oxygen atoms in total. The molecular weight excluding hydrogens is 327 g/mol. The minimum absolute atomic E-state index is 0.00299. The van der Waals surface area contributed by atoms with Crippen LogP contribution in [0.2, 0.25) is 0 Å². The molecule has 3 aromatic rings. The monoisotopic (exact) mass is 342 g/mol. The topological polar surface area (TPSA) is 68.9 Å². The number of furan rings is 1. The van der Waals surface area contributed by atoms with Crippen LogP contribution in [0.15, 0.2) is 46.9 Å². The summed E-state index contributed by atoms with van der Waals surface area (Å²) in [5.41, 5.74) is 0.992. The van der Waals surface area contributed by atoms with Gasteiger partial charge in [-0.15, -0.1) is 0 Å². The number of fused-ring (bicyclic) bond motifs is 1. The van der Waals surface area contributed by atoms with Gasteiger partial charge in [-0.1, -0.05) is 24.3 Å². The largest absolute Gasteiger partial charge is 0.478 e. The number of para-hydroxylation sites is 1. The van der Waals surface area contributed by atoms with Crippen molar-refractivity contribution >= 4 is 16.9 Å². The van der Waals surface area contributed by atoms with Crippen molar-refractivity contribution in [2.24, 2.45) is 0 Å². The molecule has 0 atom stereocenters. The summed E-state index contributed by atoms with van der Waals surface area (Å²) in [5.74, 6) is -1.75. The van der Waals surface area contributed by atoms with Gasteiger partial charge < -0.3 is 19.0 Å². The first-order chi connectivity index (χ1) is 12.1. The lowest BCUT2D eigenvalue weighted by molar-refractivity contribution is -0.183. The van der Waals surface area contributed by atoms with E-state index in [9.17, 15) is 14.3 Å². The van der Waals surface area contributed by atoms with E-state index < -0.39 is 18.1 Å². The van der Waals surface area contributed by atoms with Gasteiger partial charge in [-0.05, 0) is 24.6 Å². The summed E-state index contributed by atoms with van der Waals surface area (Å²) in [5, 5.41) is 9.98. The van der Waals surface area contributed by atoms with Crippen LogP contribution >= 0.6 is 0 Å². The van der Waals surface area contributed by atoms with E-state index in [1.807, 2.05) is 0 Å². The fourth-order valence-corrected chi connectivity index (χ4v) is 2.99. The highest BCUT2D eigenvalue weighted by Crippen LogP contribution is 2.36. The SMILES string of the molecule is O=C(O)c1c(-c2ccc(C3OCCCO3)cc2F)oc2ccccc12. The molecule has 6 heteroatoms. The predicted molar refractivity (Wildman–Crippen MR) is 87.8 cm³/mol. The molecule has 1 saturated heterocycles. The van der Waals surface area contributed by atoms with Crippen LogP contribution < -0.4 is 0 Å². The Kier molecular flexibility index (Phi) is 3.99. The number of carboxylic acids is 1. The number of aromatic carboxylic acids is 1. The molecule has 4 rings (SSSR count). The number of carbonyl (C=O) groups is 1. The molecule has 1 N–H and O–H groups in total. The van der Waals surface area contributed by atoms with Crippen molar-refractivity contribution < 1.29 is 28.2 Å². The molecule has 2 aromatic carbocycles.